The van der Waals surface area contributed by atoms with Gasteiger partial charge < -0.3 is 9.88 Å². The molecule has 1 aromatic carbocycles. The van der Waals surface area contributed by atoms with Gasteiger partial charge in [-0.25, -0.2) is 0 Å². The monoisotopic (exact) mass is 304 g/mol. The Morgan fingerprint density at radius 2 is 1.81 bits per heavy atom. The van der Waals surface area contributed by atoms with Crippen LogP contribution in [-0.4, -0.2) is 22.8 Å². The molecule has 0 fully saturated rings. The summed E-state index contributed by atoms with van der Waals surface area (Å²) in [4.78, 5) is 24.1. The van der Waals surface area contributed by atoms with Crippen LogP contribution in [0.25, 0.3) is 0 Å². The maximum absolute atomic E-state index is 12.4. The van der Waals surface area contributed by atoms with Crippen molar-refractivity contribution in [3.63, 3.8) is 0 Å². The van der Waals surface area contributed by atoms with E-state index in [4.69, 9.17) is 11.6 Å². The van der Waals surface area contributed by atoms with Crippen LogP contribution in [0.1, 0.15) is 28.7 Å². The highest BCUT2D eigenvalue weighted by molar-refractivity contribution is 6.30. The van der Waals surface area contributed by atoms with Crippen molar-refractivity contribution in [2.45, 2.75) is 13.3 Å². The first kappa shape index (κ1) is 15.3. The van der Waals surface area contributed by atoms with Crippen LogP contribution in [0.5, 0.6) is 0 Å². The minimum absolute atomic E-state index is 0.0517. The summed E-state index contributed by atoms with van der Waals surface area (Å²) in [6.45, 7) is 2.47. The predicted molar refractivity (Wildman–Crippen MR) is 82.7 cm³/mol. The molecule has 2 aromatic rings. The maximum atomic E-state index is 12.4. The van der Waals surface area contributed by atoms with Crippen molar-refractivity contribution < 1.29 is 9.59 Å². The van der Waals surface area contributed by atoms with Gasteiger partial charge in [-0.2, -0.15) is 0 Å². The van der Waals surface area contributed by atoms with E-state index in [0.29, 0.717) is 22.8 Å². The van der Waals surface area contributed by atoms with E-state index in [2.05, 4.69) is 5.32 Å². The third-order valence-corrected chi connectivity index (χ3v) is 3.53. The second kappa shape index (κ2) is 6.59. The Kier molecular flexibility index (Phi) is 4.81. The minimum Gasteiger partial charge on any atom is -0.356 e. The summed E-state index contributed by atoms with van der Waals surface area (Å²) in [7, 11) is 1.79. The molecule has 1 heterocycles. The zero-order chi connectivity index (χ0) is 15.4. The SMILES string of the molecule is CCNC(=O)Cc1ccc(C(=O)c2ccc(Cl)cc2)n1C. The van der Waals surface area contributed by atoms with E-state index in [9.17, 15) is 9.59 Å². The van der Waals surface area contributed by atoms with Crippen LogP contribution in [0, 0.1) is 0 Å². The van der Waals surface area contributed by atoms with Crippen LogP contribution in [0.2, 0.25) is 5.02 Å². The first-order valence-electron chi connectivity index (χ1n) is 6.74. The highest BCUT2D eigenvalue weighted by Crippen LogP contribution is 2.16. The molecule has 0 aliphatic rings. The van der Waals surface area contributed by atoms with Crippen molar-refractivity contribution in [3.8, 4) is 0 Å². The highest BCUT2D eigenvalue weighted by atomic mass is 35.5. The van der Waals surface area contributed by atoms with Crippen LogP contribution in [0.15, 0.2) is 36.4 Å². The lowest BCUT2D eigenvalue weighted by molar-refractivity contribution is -0.120. The smallest absolute Gasteiger partial charge is 0.225 e. The number of nitrogens with zero attached hydrogens (tertiary/aromatic N) is 1. The molecule has 0 unspecified atom stereocenters. The van der Waals surface area contributed by atoms with Gasteiger partial charge in [-0.05, 0) is 43.3 Å². The molecule has 0 bridgehead atoms. The summed E-state index contributed by atoms with van der Waals surface area (Å²) in [5, 5.41) is 3.34. The van der Waals surface area contributed by atoms with Gasteiger partial charge in [0.15, 0.2) is 0 Å². The molecular formula is C16H17ClN2O2. The Morgan fingerprint density at radius 1 is 1.14 bits per heavy atom. The number of hydrogen-bond donors (Lipinski definition) is 1. The van der Waals surface area contributed by atoms with Gasteiger partial charge in [-0.15, -0.1) is 0 Å². The lowest BCUT2D eigenvalue weighted by Crippen LogP contribution is -2.25. The van der Waals surface area contributed by atoms with Gasteiger partial charge >= 0.3 is 0 Å². The molecule has 2 rings (SSSR count). The third-order valence-electron chi connectivity index (χ3n) is 3.28. The maximum Gasteiger partial charge on any atom is 0.225 e. The van der Waals surface area contributed by atoms with Crippen molar-refractivity contribution in [3.05, 3.63) is 58.4 Å². The summed E-state index contributed by atoms with van der Waals surface area (Å²) >= 11 is 5.82. The number of carbonyl (C=O) groups excluding carboxylic acids is 2. The fraction of sp³-hybridized carbons (Fsp3) is 0.250. The van der Waals surface area contributed by atoms with Gasteiger partial charge in [0, 0.05) is 29.9 Å². The average Bonchev–Trinajstić information content (AvgIpc) is 2.80. The number of halogens is 1. The highest BCUT2D eigenvalue weighted by Gasteiger charge is 2.15. The normalized spacial score (nSPS) is 10.4. The second-order valence-electron chi connectivity index (χ2n) is 4.74. The number of ketones is 1. The zero-order valence-corrected chi connectivity index (χ0v) is 12.8. The van der Waals surface area contributed by atoms with Crippen LogP contribution in [-0.2, 0) is 18.3 Å². The van der Waals surface area contributed by atoms with Crippen molar-refractivity contribution >= 4 is 23.3 Å². The molecule has 0 saturated heterocycles. The first-order valence-corrected chi connectivity index (χ1v) is 7.12. The van der Waals surface area contributed by atoms with Crippen molar-refractivity contribution in [2.75, 3.05) is 6.54 Å². The minimum atomic E-state index is -0.0867. The third kappa shape index (κ3) is 3.52. The summed E-state index contributed by atoms with van der Waals surface area (Å²) in [6, 6.07) is 10.3. The number of hydrogen-bond acceptors (Lipinski definition) is 2. The van der Waals surface area contributed by atoms with Crippen LogP contribution >= 0.6 is 11.6 Å². The van der Waals surface area contributed by atoms with Gasteiger partial charge in [-0.1, -0.05) is 11.6 Å². The van der Waals surface area contributed by atoms with E-state index in [1.54, 1.807) is 48.0 Å². The molecular weight excluding hydrogens is 288 g/mol. The lowest BCUT2D eigenvalue weighted by Gasteiger charge is -2.07. The second-order valence-corrected chi connectivity index (χ2v) is 5.17. The number of likely N-dealkylation sites (N-methyl/N-ethyl adjacent to an activating group) is 1. The predicted octanol–water partition coefficient (Wildman–Crippen LogP) is 2.59. The number of benzene rings is 1. The molecule has 4 nitrogen and oxygen atoms in total. The Hall–Kier alpha value is -2.07. The van der Waals surface area contributed by atoms with E-state index >= 15 is 0 Å². The molecule has 0 radical (unpaired) electrons. The Balaban J connectivity index is 2.21. The van der Waals surface area contributed by atoms with Gasteiger partial charge in [0.05, 0.1) is 12.1 Å². The number of nitrogens with one attached hydrogen (secondary N) is 1. The fourth-order valence-corrected chi connectivity index (χ4v) is 2.26. The molecule has 21 heavy (non-hydrogen) atoms. The Labute approximate surface area is 128 Å². The number of rotatable bonds is 5. The summed E-state index contributed by atoms with van der Waals surface area (Å²) in [6.07, 6.45) is 0.262. The van der Waals surface area contributed by atoms with E-state index in [0.717, 1.165) is 5.69 Å². The largest absolute Gasteiger partial charge is 0.356 e. The molecule has 1 amide bonds. The number of carbonyl (C=O) groups is 2. The van der Waals surface area contributed by atoms with Gasteiger partial charge in [0.1, 0.15) is 0 Å². The topological polar surface area (TPSA) is 51.1 Å². The molecule has 110 valence electrons. The van der Waals surface area contributed by atoms with Crippen LogP contribution in [0.4, 0.5) is 0 Å². The number of aromatic nitrogens is 1. The summed E-state index contributed by atoms with van der Waals surface area (Å²) < 4.78 is 1.76. The molecule has 0 spiro atoms. The van der Waals surface area contributed by atoms with Crippen molar-refractivity contribution in [1.29, 1.82) is 0 Å². The summed E-state index contributed by atoms with van der Waals surface area (Å²) in [5.41, 5.74) is 1.93. The standard InChI is InChI=1S/C16H17ClN2O2/c1-3-18-15(20)10-13-8-9-14(19(13)2)16(21)11-4-6-12(17)7-5-11/h4-9H,3,10H2,1-2H3,(H,18,20). The Bertz CT molecular complexity index is 659. The van der Waals surface area contributed by atoms with Gasteiger partial charge in [0.25, 0.3) is 0 Å². The molecule has 0 atom stereocenters. The van der Waals surface area contributed by atoms with Gasteiger partial charge in [-0.3, -0.25) is 9.59 Å². The first-order chi connectivity index (χ1) is 10.0. The molecule has 0 saturated carbocycles. The fourth-order valence-electron chi connectivity index (χ4n) is 2.13. The quantitative estimate of drug-likeness (QED) is 0.863. The van der Waals surface area contributed by atoms with Crippen molar-refractivity contribution in [2.24, 2.45) is 7.05 Å². The zero-order valence-electron chi connectivity index (χ0n) is 12.0. The van der Waals surface area contributed by atoms with E-state index in [-0.39, 0.29) is 18.1 Å². The van der Waals surface area contributed by atoms with Crippen LogP contribution in [0.3, 0.4) is 0 Å². The lowest BCUT2D eigenvalue weighted by atomic mass is 10.1. The molecule has 0 aliphatic carbocycles. The molecule has 5 heteroatoms. The van der Waals surface area contributed by atoms with Gasteiger partial charge in [0.2, 0.25) is 11.7 Å². The molecule has 1 aromatic heterocycles. The molecule has 0 aliphatic heterocycles. The summed E-state index contributed by atoms with van der Waals surface area (Å²) in [5.74, 6) is -0.138. The number of amides is 1. The molecule has 1 N–H and O–H groups in total. The van der Waals surface area contributed by atoms with E-state index in [1.165, 1.54) is 0 Å². The van der Waals surface area contributed by atoms with E-state index < -0.39 is 0 Å². The van der Waals surface area contributed by atoms with E-state index in [1.807, 2.05) is 6.92 Å². The van der Waals surface area contributed by atoms with Crippen molar-refractivity contribution in [1.82, 2.24) is 9.88 Å². The average molecular weight is 305 g/mol. The van der Waals surface area contributed by atoms with Crippen LogP contribution < -0.4 is 5.32 Å². The Morgan fingerprint density at radius 3 is 2.43 bits per heavy atom.